The van der Waals surface area contributed by atoms with Crippen molar-refractivity contribution in [2.24, 2.45) is 5.92 Å². The standard InChI is InChI=1S/C13H15F2NO/c14-11-6-3-5-9(12(11)15)8-10-4-1-2-7-16-13(10)17/h3,5-6,10H,1-2,4,7-8H2,(H,16,17). The zero-order valence-electron chi connectivity index (χ0n) is 9.51. The van der Waals surface area contributed by atoms with Gasteiger partial charge in [-0.25, -0.2) is 8.78 Å². The SMILES string of the molecule is O=C1NCCCCC1Cc1cccc(F)c1F. The molecule has 1 aliphatic rings. The van der Waals surface area contributed by atoms with Crippen LogP contribution in [0.4, 0.5) is 8.78 Å². The summed E-state index contributed by atoms with van der Waals surface area (Å²) in [7, 11) is 0. The van der Waals surface area contributed by atoms with Gasteiger partial charge in [0.25, 0.3) is 0 Å². The Balaban J connectivity index is 2.13. The summed E-state index contributed by atoms with van der Waals surface area (Å²) in [6.45, 7) is 0.682. The maximum atomic E-state index is 13.5. The van der Waals surface area contributed by atoms with Crippen LogP contribution in [0.1, 0.15) is 24.8 Å². The fourth-order valence-corrected chi connectivity index (χ4v) is 2.17. The van der Waals surface area contributed by atoms with E-state index in [1.54, 1.807) is 0 Å². The largest absolute Gasteiger partial charge is 0.356 e. The lowest BCUT2D eigenvalue weighted by Crippen LogP contribution is -2.30. The van der Waals surface area contributed by atoms with Gasteiger partial charge in [-0.2, -0.15) is 0 Å². The molecule has 0 aliphatic carbocycles. The van der Waals surface area contributed by atoms with E-state index in [-0.39, 0.29) is 23.8 Å². The highest BCUT2D eigenvalue weighted by atomic mass is 19.2. The lowest BCUT2D eigenvalue weighted by atomic mass is 9.94. The summed E-state index contributed by atoms with van der Waals surface area (Å²) in [5.74, 6) is -1.97. The normalized spacial score (nSPS) is 20.8. The fraction of sp³-hybridized carbons (Fsp3) is 0.462. The molecule has 1 amide bonds. The third-order valence-electron chi connectivity index (χ3n) is 3.15. The molecule has 1 saturated heterocycles. The van der Waals surface area contributed by atoms with Gasteiger partial charge in [0, 0.05) is 12.5 Å². The van der Waals surface area contributed by atoms with Crippen molar-refractivity contribution in [2.45, 2.75) is 25.7 Å². The van der Waals surface area contributed by atoms with E-state index in [0.29, 0.717) is 6.54 Å². The van der Waals surface area contributed by atoms with Crippen LogP contribution >= 0.6 is 0 Å². The average molecular weight is 239 g/mol. The third-order valence-corrected chi connectivity index (χ3v) is 3.15. The predicted octanol–water partition coefficient (Wildman–Crippen LogP) is 2.42. The Morgan fingerprint density at radius 3 is 2.94 bits per heavy atom. The molecule has 2 nitrogen and oxygen atoms in total. The summed E-state index contributed by atoms with van der Waals surface area (Å²) in [6, 6.07) is 4.10. The van der Waals surface area contributed by atoms with Gasteiger partial charge in [0.05, 0.1) is 0 Å². The van der Waals surface area contributed by atoms with Crippen molar-refractivity contribution in [1.82, 2.24) is 5.32 Å². The van der Waals surface area contributed by atoms with Crippen molar-refractivity contribution in [3.8, 4) is 0 Å². The summed E-state index contributed by atoms with van der Waals surface area (Å²) in [6.07, 6.45) is 2.91. The Labute approximate surface area is 99.0 Å². The molecule has 2 rings (SSSR count). The highest BCUT2D eigenvalue weighted by molar-refractivity contribution is 5.79. The number of carbonyl (C=O) groups excluding carboxylic acids is 1. The molecule has 1 heterocycles. The Kier molecular flexibility index (Phi) is 3.71. The van der Waals surface area contributed by atoms with Gasteiger partial charge in [-0.3, -0.25) is 4.79 Å². The average Bonchev–Trinajstić information content (AvgIpc) is 2.51. The van der Waals surface area contributed by atoms with Crippen molar-refractivity contribution < 1.29 is 13.6 Å². The van der Waals surface area contributed by atoms with Crippen LogP contribution in [0.5, 0.6) is 0 Å². The molecule has 4 heteroatoms. The van der Waals surface area contributed by atoms with Crippen molar-refractivity contribution in [3.63, 3.8) is 0 Å². The molecule has 0 bridgehead atoms. The van der Waals surface area contributed by atoms with E-state index in [1.165, 1.54) is 12.1 Å². The minimum Gasteiger partial charge on any atom is -0.356 e. The second kappa shape index (κ2) is 5.25. The summed E-state index contributed by atoms with van der Waals surface area (Å²) in [5, 5.41) is 2.79. The lowest BCUT2D eigenvalue weighted by Gasteiger charge is -2.13. The fourth-order valence-electron chi connectivity index (χ4n) is 2.17. The lowest BCUT2D eigenvalue weighted by molar-refractivity contribution is -0.124. The molecule has 1 aromatic rings. The molecule has 1 fully saturated rings. The number of carbonyl (C=O) groups is 1. The van der Waals surface area contributed by atoms with Crippen molar-refractivity contribution in [3.05, 3.63) is 35.4 Å². The predicted molar refractivity (Wildman–Crippen MR) is 60.4 cm³/mol. The van der Waals surface area contributed by atoms with Crippen LogP contribution in [-0.4, -0.2) is 12.5 Å². The molecular formula is C13H15F2NO. The zero-order valence-corrected chi connectivity index (χ0v) is 9.51. The van der Waals surface area contributed by atoms with E-state index >= 15 is 0 Å². The van der Waals surface area contributed by atoms with Gasteiger partial charge in [-0.15, -0.1) is 0 Å². The Morgan fingerprint density at radius 1 is 1.29 bits per heavy atom. The molecule has 92 valence electrons. The number of benzene rings is 1. The van der Waals surface area contributed by atoms with Crippen LogP contribution in [0.25, 0.3) is 0 Å². The van der Waals surface area contributed by atoms with Crippen LogP contribution in [-0.2, 0) is 11.2 Å². The van der Waals surface area contributed by atoms with E-state index in [9.17, 15) is 13.6 Å². The third kappa shape index (κ3) is 2.81. The van der Waals surface area contributed by atoms with Crippen LogP contribution in [0.3, 0.4) is 0 Å². The van der Waals surface area contributed by atoms with Crippen LogP contribution in [0.2, 0.25) is 0 Å². The maximum Gasteiger partial charge on any atom is 0.223 e. The van der Waals surface area contributed by atoms with Crippen molar-refractivity contribution in [1.29, 1.82) is 0 Å². The first-order valence-electron chi connectivity index (χ1n) is 5.89. The van der Waals surface area contributed by atoms with Crippen molar-refractivity contribution >= 4 is 5.91 Å². The molecule has 1 unspecified atom stereocenters. The quantitative estimate of drug-likeness (QED) is 0.843. The van der Waals surface area contributed by atoms with E-state index in [1.807, 2.05) is 0 Å². The van der Waals surface area contributed by atoms with Crippen LogP contribution in [0, 0.1) is 17.6 Å². The summed E-state index contributed by atoms with van der Waals surface area (Å²) < 4.78 is 26.5. The second-order valence-electron chi connectivity index (χ2n) is 4.40. The summed E-state index contributed by atoms with van der Waals surface area (Å²) in [5.41, 5.74) is 0.284. The molecule has 0 spiro atoms. The molecular weight excluding hydrogens is 224 g/mol. The summed E-state index contributed by atoms with van der Waals surface area (Å²) in [4.78, 5) is 11.7. The topological polar surface area (TPSA) is 29.1 Å². The van der Waals surface area contributed by atoms with Gasteiger partial charge in [-0.05, 0) is 30.9 Å². The number of hydrogen-bond donors (Lipinski definition) is 1. The first-order chi connectivity index (χ1) is 8.18. The van der Waals surface area contributed by atoms with E-state index in [2.05, 4.69) is 5.32 Å². The van der Waals surface area contributed by atoms with Crippen LogP contribution in [0.15, 0.2) is 18.2 Å². The van der Waals surface area contributed by atoms with Crippen molar-refractivity contribution in [2.75, 3.05) is 6.54 Å². The summed E-state index contributed by atoms with van der Waals surface area (Å²) >= 11 is 0. The molecule has 1 atom stereocenters. The van der Waals surface area contributed by atoms with E-state index in [4.69, 9.17) is 0 Å². The number of hydrogen-bond acceptors (Lipinski definition) is 1. The Morgan fingerprint density at radius 2 is 2.12 bits per heavy atom. The molecule has 1 N–H and O–H groups in total. The second-order valence-corrected chi connectivity index (χ2v) is 4.40. The van der Waals surface area contributed by atoms with Gasteiger partial charge in [0.2, 0.25) is 5.91 Å². The maximum absolute atomic E-state index is 13.5. The number of rotatable bonds is 2. The van der Waals surface area contributed by atoms with Gasteiger partial charge in [0.15, 0.2) is 11.6 Å². The number of nitrogens with one attached hydrogen (secondary N) is 1. The first kappa shape index (κ1) is 12.0. The van der Waals surface area contributed by atoms with Gasteiger partial charge in [0.1, 0.15) is 0 Å². The molecule has 0 radical (unpaired) electrons. The smallest absolute Gasteiger partial charge is 0.223 e. The Hall–Kier alpha value is -1.45. The highest BCUT2D eigenvalue weighted by Crippen LogP contribution is 2.20. The first-order valence-corrected chi connectivity index (χ1v) is 5.89. The monoisotopic (exact) mass is 239 g/mol. The highest BCUT2D eigenvalue weighted by Gasteiger charge is 2.22. The van der Waals surface area contributed by atoms with Crippen LogP contribution < -0.4 is 5.32 Å². The zero-order chi connectivity index (χ0) is 12.3. The van der Waals surface area contributed by atoms with Gasteiger partial charge >= 0.3 is 0 Å². The minimum atomic E-state index is -0.850. The van der Waals surface area contributed by atoms with Gasteiger partial charge < -0.3 is 5.32 Å². The number of amides is 1. The molecule has 0 saturated carbocycles. The molecule has 0 aromatic heterocycles. The van der Waals surface area contributed by atoms with E-state index in [0.717, 1.165) is 25.3 Å². The molecule has 17 heavy (non-hydrogen) atoms. The number of halogens is 2. The molecule has 1 aromatic carbocycles. The van der Waals surface area contributed by atoms with E-state index < -0.39 is 11.6 Å². The molecule has 1 aliphatic heterocycles. The Bertz CT molecular complexity index is 420. The van der Waals surface area contributed by atoms with Gasteiger partial charge in [-0.1, -0.05) is 18.6 Å². The minimum absolute atomic E-state index is 0.0499.